The Kier molecular flexibility index (Phi) is 4.63. The smallest absolute Gasteiger partial charge is 0.306 e. The van der Waals surface area contributed by atoms with Crippen molar-refractivity contribution in [2.24, 2.45) is 0 Å². The van der Waals surface area contributed by atoms with Crippen LogP contribution < -0.4 is 0 Å². The highest BCUT2D eigenvalue weighted by Crippen LogP contribution is 2.30. The standard InChI is InChI=1S/C13H19NO3/c1-4-13(2,8-12(16)17-3)11-7-5-6-10(9-15)14-11/h5-7,15H,4,8-9H2,1-3H3. The Bertz CT molecular complexity index is 392. The number of aromatic nitrogens is 1. The van der Waals surface area contributed by atoms with Gasteiger partial charge in [-0.1, -0.05) is 19.9 Å². The molecule has 0 spiro atoms. The van der Waals surface area contributed by atoms with Crippen molar-refractivity contribution in [3.63, 3.8) is 0 Å². The summed E-state index contributed by atoms with van der Waals surface area (Å²) in [4.78, 5) is 15.8. The Balaban J connectivity index is 3.02. The number of aliphatic hydroxyl groups excluding tert-OH is 1. The van der Waals surface area contributed by atoms with E-state index >= 15 is 0 Å². The Hall–Kier alpha value is -1.42. The number of rotatable bonds is 5. The molecule has 0 bridgehead atoms. The maximum Gasteiger partial charge on any atom is 0.306 e. The predicted octanol–water partition coefficient (Wildman–Crippen LogP) is 1.80. The van der Waals surface area contributed by atoms with Crippen LogP contribution in [-0.4, -0.2) is 23.2 Å². The van der Waals surface area contributed by atoms with E-state index in [1.54, 1.807) is 6.07 Å². The van der Waals surface area contributed by atoms with Crippen molar-refractivity contribution < 1.29 is 14.6 Å². The number of hydrogen-bond acceptors (Lipinski definition) is 4. The van der Waals surface area contributed by atoms with Gasteiger partial charge in [0.2, 0.25) is 0 Å². The van der Waals surface area contributed by atoms with Gasteiger partial charge in [-0.2, -0.15) is 0 Å². The van der Waals surface area contributed by atoms with Crippen molar-refractivity contribution in [1.29, 1.82) is 0 Å². The van der Waals surface area contributed by atoms with Crippen molar-refractivity contribution in [2.45, 2.75) is 38.7 Å². The number of nitrogens with zero attached hydrogens (tertiary/aromatic N) is 1. The third-order valence-corrected chi connectivity index (χ3v) is 3.13. The quantitative estimate of drug-likeness (QED) is 0.793. The second-order valence-electron chi connectivity index (χ2n) is 4.34. The molecule has 4 heteroatoms. The summed E-state index contributed by atoms with van der Waals surface area (Å²) in [6.45, 7) is 3.90. The normalized spacial score (nSPS) is 14.1. The van der Waals surface area contributed by atoms with Crippen LogP contribution in [0.25, 0.3) is 0 Å². The Morgan fingerprint density at radius 1 is 1.53 bits per heavy atom. The highest BCUT2D eigenvalue weighted by atomic mass is 16.5. The zero-order chi connectivity index (χ0) is 12.9. The van der Waals surface area contributed by atoms with Gasteiger partial charge in [-0.25, -0.2) is 0 Å². The number of ether oxygens (including phenoxy) is 1. The fourth-order valence-corrected chi connectivity index (χ4v) is 1.69. The van der Waals surface area contributed by atoms with Crippen LogP contribution in [-0.2, 0) is 21.6 Å². The number of aliphatic hydroxyl groups is 1. The first-order chi connectivity index (χ1) is 8.05. The van der Waals surface area contributed by atoms with Gasteiger partial charge in [0.25, 0.3) is 0 Å². The van der Waals surface area contributed by atoms with E-state index in [-0.39, 0.29) is 18.0 Å². The van der Waals surface area contributed by atoms with Crippen molar-refractivity contribution in [2.75, 3.05) is 7.11 Å². The molecule has 1 heterocycles. The van der Waals surface area contributed by atoms with E-state index < -0.39 is 0 Å². The molecule has 0 fully saturated rings. The van der Waals surface area contributed by atoms with Gasteiger partial charge < -0.3 is 9.84 Å². The van der Waals surface area contributed by atoms with Crippen LogP contribution in [0.2, 0.25) is 0 Å². The van der Waals surface area contributed by atoms with Crippen molar-refractivity contribution in [1.82, 2.24) is 4.98 Å². The summed E-state index contributed by atoms with van der Waals surface area (Å²) in [5.74, 6) is -0.245. The predicted molar refractivity (Wildman–Crippen MR) is 64.4 cm³/mol. The van der Waals surface area contributed by atoms with Crippen LogP contribution in [0.1, 0.15) is 38.1 Å². The number of pyridine rings is 1. The number of hydrogen-bond donors (Lipinski definition) is 1. The van der Waals surface area contributed by atoms with E-state index in [1.165, 1.54) is 7.11 Å². The maximum absolute atomic E-state index is 11.4. The van der Waals surface area contributed by atoms with Gasteiger partial charge in [0.1, 0.15) is 0 Å². The number of carbonyl (C=O) groups is 1. The molecule has 1 aromatic rings. The van der Waals surface area contributed by atoms with Crippen LogP contribution in [0.15, 0.2) is 18.2 Å². The number of esters is 1. The zero-order valence-corrected chi connectivity index (χ0v) is 10.6. The van der Waals surface area contributed by atoms with Crippen LogP contribution >= 0.6 is 0 Å². The average molecular weight is 237 g/mol. The lowest BCUT2D eigenvalue weighted by Gasteiger charge is -2.26. The average Bonchev–Trinajstić information content (AvgIpc) is 2.38. The SMILES string of the molecule is CCC(C)(CC(=O)OC)c1cccc(CO)n1. The van der Waals surface area contributed by atoms with Gasteiger partial charge in [-0.3, -0.25) is 9.78 Å². The van der Waals surface area contributed by atoms with Crippen molar-refractivity contribution >= 4 is 5.97 Å². The van der Waals surface area contributed by atoms with E-state index in [0.29, 0.717) is 12.1 Å². The molecule has 0 saturated heterocycles. The first kappa shape index (κ1) is 13.6. The van der Waals surface area contributed by atoms with Gasteiger partial charge in [-0.15, -0.1) is 0 Å². The summed E-state index contributed by atoms with van der Waals surface area (Å²) in [6.07, 6.45) is 1.08. The highest BCUT2D eigenvalue weighted by molar-refractivity contribution is 5.71. The summed E-state index contributed by atoms with van der Waals surface area (Å²) in [5, 5.41) is 9.07. The molecule has 1 aromatic heterocycles. The Morgan fingerprint density at radius 2 is 2.24 bits per heavy atom. The van der Waals surface area contributed by atoms with Crippen LogP contribution in [0.5, 0.6) is 0 Å². The molecule has 0 amide bonds. The van der Waals surface area contributed by atoms with E-state index in [2.05, 4.69) is 4.98 Å². The molecule has 0 saturated carbocycles. The molecule has 1 unspecified atom stereocenters. The lowest BCUT2D eigenvalue weighted by atomic mass is 9.80. The third-order valence-electron chi connectivity index (χ3n) is 3.13. The summed E-state index contributed by atoms with van der Waals surface area (Å²) < 4.78 is 4.71. The zero-order valence-electron chi connectivity index (χ0n) is 10.6. The Morgan fingerprint density at radius 3 is 2.76 bits per heavy atom. The summed E-state index contributed by atoms with van der Waals surface area (Å²) in [5.41, 5.74) is 1.09. The molecule has 0 radical (unpaired) electrons. The molecular weight excluding hydrogens is 218 g/mol. The van der Waals surface area contributed by atoms with Crippen LogP contribution in [0.3, 0.4) is 0 Å². The van der Waals surface area contributed by atoms with Gasteiger partial charge >= 0.3 is 5.97 Å². The van der Waals surface area contributed by atoms with E-state index in [1.807, 2.05) is 26.0 Å². The first-order valence-corrected chi connectivity index (χ1v) is 5.70. The maximum atomic E-state index is 11.4. The van der Waals surface area contributed by atoms with Crippen molar-refractivity contribution in [3.8, 4) is 0 Å². The lowest BCUT2D eigenvalue weighted by molar-refractivity contribution is -0.142. The fraction of sp³-hybridized carbons (Fsp3) is 0.538. The highest BCUT2D eigenvalue weighted by Gasteiger charge is 2.29. The second kappa shape index (κ2) is 5.77. The van der Waals surface area contributed by atoms with Crippen molar-refractivity contribution in [3.05, 3.63) is 29.6 Å². The molecule has 94 valence electrons. The van der Waals surface area contributed by atoms with Gasteiger partial charge in [0.05, 0.1) is 25.8 Å². The lowest BCUT2D eigenvalue weighted by Crippen LogP contribution is -2.27. The molecular formula is C13H19NO3. The Labute approximate surface area is 102 Å². The van der Waals surface area contributed by atoms with E-state index in [0.717, 1.165) is 12.1 Å². The molecule has 1 rings (SSSR count). The second-order valence-corrected chi connectivity index (χ2v) is 4.34. The van der Waals surface area contributed by atoms with Gasteiger partial charge in [-0.05, 0) is 18.6 Å². The minimum absolute atomic E-state index is 0.0914. The van der Waals surface area contributed by atoms with E-state index in [9.17, 15) is 4.79 Å². The molecule has 4 nitrogen and oxygen atoms in total. The fourth-order valence-electron chi connectivity index (χ4n) is 1.69. The summed E-state index contributed by atoms with van der Waals surface area (Å²) >= 11 is 0. The minimum Gasteiger partial charge on any atom is -0.469 e. The molecule has 0 aliphatic rings. The van der Waals surface area contributed by atoms with Gasteiger partial charge in [0.15, 0.2) is 0 Å². The first-order valence-electron chi connectivity index (χ1n) is 5.70. The summed E-state index contributed by atoms with van der Waals surface area (Å²) in [7, 11) is 1.38. The largest absolute Gasteiger partial charge is 0.469 e. The van der Waals surface area contributed by atoms with E-state index in [4.69, 9.17) is 9.84 Å². The molecule has 0 aliphatic carbocycles. The molecule has 1 N–H and O–H groups in total. The number of methoxy groups -OCH3 is 1. The molecule has 17 heavy (non-hydrogen) atoms. The monoisotopic (exact) mass is 237 g/mol. The minimum atomic E-state index is -0.349. The summed E-state index contributed by atoms with van der Waals surface area (Å²) in [6, 6.07) is 5.49. The third kappa shape index (κ3) is 3.27. The van der Waals surface area contributed by atoms with Crippen LogP contribution in [0, 0.1) is 0 Å². The molecule has 0 aromatic carbocycles. The van der Waals surface area contributed by atoms with Crippen LogP contribution in [0.4, 0.5) is 0 Å². The van der Waals surface area contributed by atoms with Gasteiger partial charge in [0, 0.05) is 11.1 Å². The number of carbonyl (C=O) groups excluding carboxylic acids is 1. The molecule has 1 atom stereocenters. The topological polar surface area (TPSA) is 59.4 Å². The molecule has 0 aliphatic heterocycles.